The van der Waals surface area contributed by atoms with Crippen molar-refractivity contribution in [2.45, 2.75) is 20.3 Å². The SMILES string of the molecule is CCOc1cc(-c2ccc(Cl)cc2)nc(CC)c1C(=O)O. The van der Waals surface area contributed by atoms with Crippen molar-refractivity contribution in [3.63, 3.8) is 0 Å². The number of aromatic carboxylic acids is 1. The molecule has 110 valence electrons. The number of carboxylic acids is 1. The average Bonchev–Trinajstić information content (AvgIpc) is 2.47. The van der Waals surface area contributed by atoms with E-state index in [4.69, 9.17) is 16.3 Å². The van der Waals surface area contributed by atoms with E-state index in [0.717, 1.165) is 5.56 Å². The summed E-state index contributed by atoms with van der Waals surface area (Å²) in [6, 6.07) is 8.90. The maximum Gasteiger partial charge on any atom is 0.341 e. The van der Waals surface area contributed by atoms with Crippen molar-refractivity contribution < 1.29 is 14.6 Å². The van der Waals surface area contributed by atoms with E-state index in [2.05, 4.69) is 4.98 Å². The van der Waals surface area contributed by atoms with E-state index in [1.807, 2.05) is 26.0 Å². The van der Waals surface area contributed by atoms with Gasteiger partial charge in [-0.2, -0.15) is 0 Å². The van der Waals surface area contributed by atoms with Crippen molar-refractivity contribution >= 4 is 17.6 Å². The molecule has 4 nitrogen and oxygen atoms in total. The molecule has 2 aromatic rings. The van der Waals surface area contributed by atoms with Crippen molar-refractivity contribution in [3.05, 3.63) is 46.6 Å². The van der Waals surface area contributed by atoms with Gasteiger partial charge in [-0.3, -0.25) is 4.98 Å². The first-order valence-electron chi connectivity index (χ1n) is 6.72. The topological polar surface area (TPSA) is 59.4 Å². The predicted molar refractivity (Wildman–Crippen MR) is 82.2 cm³/mol. The third-order valence-electron chi connectivity index (χ3n) is 3.05. The van der Waals surface area contributed by atoms with E-state index in [1.165, 1.54) is 0 Å². The molecule has 0 aliphatic rings. The molecule has 0 radical (unpaired) electrons. The van der Waals surface area contributed by atoms with Crippen LogP contribution in [0.2, 0.25) is 5.02 Å². The summed E-state index contributed by atoms with van der Waals surface area (Å²) < 4.78 is 5.48. The van der Waals surface area contributed by atoms with E-state index in [9.17, 15) is 9.90 Å². The summed E-state index contributed by atoms with van der Waals surface area (Å²) in [7, 11) is 0. The van der Waals surface area contributed by atoms with E-state index in [1.54, 1.807) is 18.2 Å². The standard InChI is InChI=1S/C16H16ClNO3/c1-3-12-15(16(19)20)14(21-4-2)9-13(18-12)10-5-7-11(17)8-6-10/h5-9H,3-4H2,1-2H3,(H,19,20). The second kappa shape index (κ2) is 6.59. The molecule has 1 aromatic heterocycles. The molecule has 21 heavy (non-hydrogen) atoms. The number of ether oxygens (including phenoxy) is 1. The van der Waals surface area contributed by atoms with Crippen LogP contribution in [0.1, 0.15) is 29.9 Å². The molecule has 0 spiro atoms. The lowest BCUT2D eigenvalue weighted by Crippen LogP contribution is -2.09. The molecule has 1 N–H and O–H groups in total. The van der Waals surface area contributed by atoms with Gasteiger partial charge >= 0.3 is 5.97 Å². The molecule has 0 bridgehead atoms. The highest BCUT2D eigenvalue weighted by Gasteiger charge is 2.19. The molecule has 0 atom stereocenters. The molecule has 0 aliphatic heterocycles. The van der Waals surface area contributed by atoms with Crippen LogP contribution in [0.5, 0.6) is 5.75 Å². The molecule has 0 saturated carbocycles. The number of carboxylic acid groups (broad SMARTS) is 1. The van der Waals surface area contributed by atoms with Gasteiger partial charge in [0, 0.05) is 16.7 Å². The second-order valence-corrected chi connectivity index (χ2v) is 4.86. The summed E-state index contributed by atoms with van der Waals surface area (Å²) >= 11 is 5.88. The first kappa shape index (κ1) is 15.3. The van der Waals surface area contributed by atoms with Crippen LogP contribution in [-0.2, 0) is 6.42 Å². The third kappa shape index (κ3) is 3.34. The number of aromatic nitrogens is 1. The molecule has 0 aliphatic carbocycles. The Morgan fingerprint density at radius 2 is 1.95 bits per heavy atom. The molecule has 5 heteroatoms. The van der Waals surface area contributed by atoms with Crippen molar-refractivity contribution in [2.75, 3.05) is 6.61 Å². The monoisotopic (exact) mass is 305 g/mol. The largest absolute Gasteiger partial charge is 0.493 e. The summed E-state index contributed by atoms with van der Waals surface area (Å²) in [5.74, 6) is -0.674. The molecule has 1 aromatic carbocycles. The number of rotatable bonds is 5. The van der Waals surface area contributed by atoms with Crippen molar-refractivity contribution in [1.29, 1.82) is 0 Å². The van der Waals surface area contributed by atoms with Crippen molar-refractivity contribution in [2.24, 2.45) is 0 Å². The minimum atomic E-state index is -1.02. The highest BCUT2D eigenvalue weighted by atomic mass is 35.5. The fourth-order valence-corrected chi connectivity index (χ4v) is 2.22. The Kier molecular flexibility index (Phi) is 4.81. The fourth-order valence-electron chi connectivity index (χ4n) is 2.09. The van der Waals surface area contributed by atoms with Gasteiger partial charge in [0.25, 0.3) is 0 Å². The number of pyridine rings is 1. The third-order valence-corrected chi connectivity index (χ3v) is 3.30. The van der Waals surface area contributed by atoms with Gasteiger partial charge < -0.3 is 9.84 Å². The maximum atomic E-state index is 11.4. The lowest BCUT2D eigenvalue weighted by molar-refractivity contribution is 0.0690. The van der Waals surface area contributed by atoms with E-state index >= 15 is 0 Å². The molecular formula is C16H16ClNO3. The number of carbonyl (C=O) groups is 1. The minimum Gasteiger partial charge on any atom is -0.493 e. The molecule has 0 amide bonds. The van der Waals surface area contributed by atoms with E-state index in [-0.39, 0.29) is 5.56 Å². The van der Waals surface area contributed by atoms with Crippen molar-refractivity contribution in [3.8, 4) is 17.0 Å². The van der Waals surface area contributed by atoms with Crippen LogP contribution in [-0.4, -0.2) is 22.7 Å². The lowest BCUT2D eigenvalue weighted by Gasteiger charge is -2.13. The number of benzene rings is 1. The van der Waals surface area contributed by atoms with Gasteiger partial charge in [0.15, 0.2) is 0 Å². The lowest BCUT2D eigenvalue weighted by atomic mass is 10.1. The number of aryl methyl sites for hydroxylation is 1. The minimum absolute atomic E-state index is 0.136. The van der Waals surface area contributed by atoms with Crippen LogP contribution in [0.4, 0.5) is 0 Å². The van der Waals surface area contributed by atoms with Crippen LogP contribution in [0.3, 0.4) is 0 Å². The van der Waals surface area contributed by atoms with Gasteiger partial charge in [-0.1, -0.05) is 30.7 Å². The Balaban J connectivity index is 2.60. The highest BCUT2D eigenvalue weighted by molar-refractivity contribution is 6.30. The average molecular weight is 306 g/mol. The molecule has 0 fully saturated rings. The van der Waals surface area contributed by atoms with Crippen LogP contribution in [0, 0.1) is 0 Å². The molecule has 0 saturated heterocycles. The number of hydrogen-bond donors (Lipinski definition) is 1. The quantitative estimate of drug-likeness (QED) is 0.905. The maximum absolute atomic E-state index is 11.4. The fraction of sp³-hybridized carbons (Fsp3) is 0.250. The summed E-state index contributed by atoms with van der Waals surface area (Å²) in [5, 5.41) is 10.0. The summed E-state index contributed by atoms with van der Waals surface area (Å²) in [6.45, 7) is 4.09. The first-order chi connectivity index (χ1) is 10.1. The zero-order chi connectivity index (χ0) is 15.4. The molecule has 2 rings (SSSR count). The van der Waals surface area contributed by atoms with Gasteiger partial charge in [0.1, 0.15) is 11.3 Å². The predicted octanol–water partition coefficient (Wildman–Crippen LogP) is 4.06. The van der Waals surface area contributed by atoms with Gasteiger partial charge in [-0.15, -0.1) is 0 Å². The Morgan fingerprint density at radius 1 is 1.29 bits per heavy atom. The van der Waals surface area contributed by atoms with Gasteiger partial charge in [-0.05, 0) is 25.5 Å². The molecule has 0 unspecified atom stereocenters. The van der Waals surface area contributed by atoms with Gasteiger partial charge in [0.05, 0.1) is 18.0 Å². The van der Waals surface area contributed by atoms with Crippen LogP contribution < -0.4 is 4.74 Å². The number of halogens is 1. The number of nitrogens with zero attached hydrogens (tertiary/aromatic N) is 1. The summed E-state index contributed by atoms with van der Waals surface area (Å²) in [6.07, 6.45) is 0.517. The van der Waals surface area contributed by atoms with Crippen LogP contribution in [0.25, 0.3) is 11.3 Å². The molecule has 1 heterocycles. The molecular weight excluding hydrogens is 290 g/mol. The zero-order valence-corrected chi connectivity index (χ0v) is 12.6. The number of hydrogen-bond acceptors (Lipinski definition) is 3. The Hall–Kier alpha value is -2.07. The summed E-state index contributed by atoms with van der Waals surface area (Å²) in [4.78, 5) is 15.9. The van der Waals surface area contributed by atoms with E-state index in [0.29, 0.717) is 35.2 Å². The van der Waals surface area contributed by atoms with Gasteiger partial charge in [-0.25, -0.2) is 4.79 Å². The highest BCUT2D eigenvalue weighted by Crippen LogP contribution is 2.29. The van der Waals surface area contributed by atoms with Crippen molar-refractivity contribution in [1.82, 2.24) is 4.98 Å². The Morgan fingerprint density at radius 3 is 2.48 bits per heavy atom. The van der Waals surface area contributed by atoms with E-state index < -0.39 is 5.97 Å². The van der Waals surface area contributed by atoms with Crippen LogP contribution >= 0.6 is 11.6 Å². The second-order valence-electron chi connectivity index (χ2n) is 4.43. The van der Waals surface area contributed by atoms with Gasteiger partial charge in [0.2, 0.25) is 0 Å². The normalized spacial score (nSPS) is 10.4. The summed E-state index contributed by atoms with van der Waals surface area (Å²) in [5.41, 5.74) is 2.19. The van der Waals surface area contributed by atoms with Crippen LogP contribution in [0.15, 0.2) is 30.3 Å². The zero-order valence-electron chi connectivity index (χ0n) is 11.9. The first-order valence-corrected chi connectivity index (χ1v) is 7.10. The Labute approximate surface area is 128 Å². The smallest absolute Gasteiger partial charge is 0.341 e. The Bertz CT molecular complexity index is 653.